The Bertz CT molecular complexity index is 635. The van der Waals surface area contributed by atoms with E-state index in [1.807, 2.05) is 6.92 Å². The molecule has 1 amide bonds. The van der Waals surface area contributed by atoms with E-state index in [9.17, 15) is 4.79 Å². The maximum absolute atomic E-state index is 12.2. The third kappa shape index (κ3) is 5.66. The van der Waals surface area contributed by atoms with Crippen molar-refractivity contribution in [2.24, 2.45) is 0 Å². The highest BCUT2D eigenvalue weighted by molar-refractivity contribution is 8.00. The Morgan fingerprint density at radius 3 is 2.57 bits per heavy atom. The molecular formula is C18H24N2OS2. The van der Waals surface area contributed by atoms with Crippen LogP contribution in [0.15, 0.2) is 34.5 Å². The lowest BCUT2D eigenvalue weighted by Gasteiger charge is -2.11. The van der Waals surface area contributed by atoms with Crippen LogP contribution in [0.1, 0.15) is 43.0 Å². The molecule has 0 spiro atoms. The van der Waals surface area contributed by atoms with Crippen LogP contribution in [-0.2, 0) is 11.2 Å². The van der Waals surface area contributed by atoms with Crippen molar-refractivity contribution in [2.75, 3.05) is 6.54 Å². The zero-order valence-corrected chi connectivity index (χ0v) is 15.8. The van der Waals surface area contributed by atoms with Crippen LogP contribution in [0, 0.1) is 6.92 Å². The van der Waals surface area contributed by atoms with Gasteiger partial charge in [0, 0.05) is 29.2 Å². The summed E-state index contributed by atoms with van der Waals surface area (Å²) in [7, 11) is 0. The molecule has 3 nitrogen and oxygen atoms in total. The highest BCUT2D eigenvalue weighted by Crippen LogP contribution is 2.23. The minimum absolute atomic E-state index is 0.0786. The Labute approximate surface area is 146 Å². The van der Waals surface area contributed by atoms with Crippen LogP contribution in [0.3, 0.4) is 0 Å². The van der Waals surface area contributed by atoms with Gasteiger partial charge in [-0.05, 0) is 26.0 Å². The van der Waals surface area contributed by atoms with Gasteiger partial charge in [-0.25, -0.2) is 4.98 Å². The maximum atomic E-state index is 12.2. The van der Waals surface area contributed by atoms with Gasteiger partial charge < -0.3 is 5.32 Å². The highest BCUT2D eigenvalue weighted by atomic mass is 32.2. The zero-order chi connectivity index (χ0) is 16.8. The third-order valence-electron chi connectivity index (χ3n) is 3.45. The van der Waals surface area contributed by atoms with E-state index in [2.05, 4.69) is 60.7 Å². The fourth-order valence-corrected chi connectivity index (χ4v) is 3.80. The van der Waals surface area contributed by atoms with Crippen LogP contribution >= 0.6 is 23.1 Å². The van der Waals surface area contributed by atoms with Gasteiger partial charge in [-0.15, -0.1) is 23.1 Å². The predicted molar refractivity (Wildman–Crippen MR) is 99.4 cm³/mol. The predicted octanol–water partition coefficient (Wildman–Crippen LogP) is 4.41. The molecule has 1 aromatic heterocycles. The average molecular weight is 349 g/mol. The summed E-state index contributed by atoms with van der Waals surface area (Å²) in [6.45, 7) is 8.94. The van der Waals surface area contributed by atoms with Crippen LogP contribution in [-0.4, -0.2) is 22.7 Å². The first-order valence-electron chi connectivity index (χ1n) is 7.91. The van der Waals surface area contributed by atoms with Crippen molar-refractivity contribution < 1.29 is 4.79 Å². The van der Waals surface area contributed by atoms with Gasteiger partial charge in [-0.2, -0.15) is 0 Å². The second kappa shape index (κ2) is 8.50. The van der Waals surface area contributed by atoms with Gasteiger partial charge in [-0.3, -0.25) is 4.79 Å². The fraction of sp³-hybridized carbons (Fsp3) is 0.444. The Balaban J connectivity index is 1.76. The van der Waals surface area contributed by atoms with Crippen molar-refractivity contribution in [1.82, 2.24) is 10.3 Å². The number of carbonyl (C=O) groups excluding carboxylic acids is 1. The molecule has 0 aliphatic carbocycles. The molecule has 2 aromatic rings. The van der Waals surface area contributed by atoms with Crippen molar-refractivity contribution in [3.05, 3.63) is 45.9 Å². The Morgan fingerprint density at radius 1 is 1.26 bits per heavy atom. The maximum Gasteiger partial charge on any atom is 0.233 e. The number of amides is 1. The van der Waals surface area contributed by atoms with Crippen LogP contribution in [0.2, 0.25) is 0 Å². The lowest BCUT2D eigenvalue weighted by molar-refractivity contribution is -0.120. The molecule has 0 radical (unpaired) electrons. The number of carbonyl (C=O) groups is 1. The van der Waals surface area contributed by atoms with Gasteiger partial charge in [-0.1, -0.05) is 31.5 Å². The number of nitrogens with one attached hydrogen (secondary N) is 1. The molecule has 1 N–H and O–H groups in total. The number of hydrogen-bond acceptors (Lipinski definition) is 4. The van der Waals surface area contributed by atoms with E-state index in [4.69, 9.17) is 0 Å². The highest BCUT2D eigenvalue weighted by Gasteiger charge is 2.14. The van der Waals surface area contributed by atoms with E-state index in [1.54, 1.807) is 23.1 Å². The number of aromatic nitrogens is 1. The number of thiazole rings is 1. The molecule has 23 heavy (non-hydrogen) atoms. The summed E-state index contributed by atoms with van der Waals surface area (Å²) in [5.41, 5.74) is 2.30. The van der Waals surface area contributed by atoms with Crippen LogP contribution < -0.4 is 5.32 Å². The normalized spacial score (nSPS) is 12.4. The SMILES string of the molecule is Cc1ccc(SC(C)C(=O)NCCc2csc(C(C)C)n2)cc1. The second-order valence-electron chi connectivity index (χ2n) is 5.95. The second-order valence-corrected chi connectivity index (χ2v) is 8.25. The molecule has 0 aliphatic rings. The van der Waals surface area contributed by atoms with Crippen molar-refractivity contribution in [3.8, 4) is 0 Å². The van der Waals surface area contributed by atoms with Crippen LogP contribution in [0.4, 0.5) is 0 Å². The van der Waals surface area contributed by atoms with E-state index in [0.717, 1.165) is 22.0 Å². The lowest BCUT2D eigenvalue weighted by atomic mass is 10.2. The molecule has 0 bridgehead atoms. The number of benzene rings is 1. The van der Waals surface area contributed by atoms with Crippen LogP contribution in [0.25, 0.3) is 0 Å². The van der Waals surface area contributed by atoms with E-state index < -0.39 is 0 Å². The quantitative estimate of drug-likeness (QED) is 0.753. The largest absolute Gasteiger partial charge is 0.355 e. The van der Waals surface area contributed by atoms with E-state index in [-0.39, 0.29) is 11.2 Å². The van der Waals surface area contributed by atoms with Crippen molar-refractivity contribution >= 4 is 29.0 Å². The smallest absolute Gasteiger partial charge is 0.233 e. The summed E-state index contributed by atoms with van der Waals surface area (Å²) in [4.78, 5) is 17.9. The number of rotatable bonds is 7. The summed E-state index contributed by atoms with van der Waals surface area (Å²) in [5.74, 6) is 0.546. The van der Waals surface area contributed by atoms with E-state index in [1.165, 1.54) is 5.56 Å². The molecule has 0 saturated heterocycles. The molecule has 5 heteroatoms. The number of thioether (sulfide) groups is 1. The molecule has 124 valence electrons. The van der Waals surface area contributed by atoms with E-state index in [0.29, 0.717) is 12.5 Å². The number of nitrogens with zero attached hydrogens (tertiary/aromatic N) is 1. The first-order valence-corrected chi connectivity index (χ1v) is 9.67. The van der Waals surface area contributed by atoms with Crippen molar-refractivity contribution in [1.29, 1.82) is 0 Å². The fourth-order valence-electron chi connectivity index (χ4n) is 2.03. The summed E-state index contributed by atoms with van der Waals surface area (Å²) in [5, 5.41) is 6.16. The molecular weight excluding hydrogens is 324 g/mol. The van der Waals surface area contributed by atoms with Gasteiger partial charge >= 0.3 is 0 Å². The Kier molecular flexibility index (Phi) is 6.66. The molecule has 1 atom stereocenters. The van der Waals surface area contributed by atoms with Gasteiger partial charge in [0.1, 0.15) is 0 Å². The minimum atomic E-state index is -0.0978. The number of hydrogen-bond donors (Lipinski definition) is 1. The molecule has 0 fully saturated rings. The monoisotopic (exact) mass is 348 g/mol. The summed E-state index contributed by atoms with van der Waals surface area (Å²) in [6, 6.07) is 8.27. The Hall–Kier alpha value is -1.33. The van der Waals surface area contributed by atoms with Crippen molar-refractivity contribution in [3.63, 3.8) is 0 Å². The first-order chi connectivity index (χ1) is 11.0. The zero-order valence-electron chi connectivity index (χ0n) is 14.1. The van der Waals surface area contributed by atoms with Gasteiger partial charge in [0.05, 0.1) is 16.0 Å². The summed E-state index contributed by atoms with van der Waals surface area (Å²) in [6.07, 6.45) is 0.789. The van der Waals surface area contributed by atoms with E-state index >= 15 is 0 Å². The Morgan fingerprint density at radius 2 is 1.96 bits per heavy atom. The van der Waals surface area contributed by atoms with Crippen molar-refractivity contribution in [2.45, 2.75) is 50.2 Å². The van der Waals surface area contributed by atoms with Crippen LogP contribution in [0.5, 0.6) is 0 Å². The molecule has 1 unspecified atom stereocenters. The first kappa shape index (κ1) is 18.0. The van der Waals surface area contributed by atoms with Gasteiger partial charge in [0.25, 0.3) is 0 Å². The lowest BCUT2D eigenvalue weighted by Crippen LogP contribution is -2.32. The summed E-state index contributed by atoms with van der Waals surface area (Å²) >= 11 is 3.29. The van der Waals surface area contributed by atoms with Gasteiger partial charge in [0.15, 0.2) is 0 Å². The third-order valence-corrected chi connectivity index (χ3v) is 5.75. The molecule has 1 aromatic carbocycles. The standard InChI is InChI=1S/C18H24N2OS2/c1-12(2)18-20-15(11-22-18)9-10-19-17(21)14(4)23-16-7-5-13(3)6-8-16/h5-8,11-12,14H,9-10H2,1-4H3,(H,19,21). The average Bonchev–Trinajstić information content (AvgIpc) is 2.98. The molecule has 0 aliphatic heterocycles. The molecule has 0 saturated carbocycles. The van der Waals surface area contributed by atoms with Gasteiger partial charge in [0.2, 0.25) is 5.91 Å². The topological polar surface area (TPSA) is 42.0 Å². The number of aryl methyl sites for hydroxylation is 1. The molecule has 1 heterocycles. The molecule has 2 rings (SSSR count). The minimum Gasteiger partial charge on any atom is -0.355 e. The summed E-state index contributed by atoms with van der Waals surface area (Å²) < 4.78 is 0.